The lowest BCUT2D eigenvalue weighted by Gasteiger charge is -2.11. The molecule has 0 bridgehead atoms. The van der Waals surface area contributed by atoms with Crippen LogP contribution in [0.15, 0.2) is 12.1 Å². The molecule has 6 nitrogen and oxygen atoms in total. The summed E-state index contributed by atoms with van der Waals surface area (Å²) >= 11 is 0. The third-order valence-electron chi connectivity index (χ3n) is 2.66. The Labute approximate surface area is 119 Å². The highest BCUT2D eigenvalue weighted by Crippen LogP contribution is 2.17. The lowest BCUT2D eigenvalue weighted by Crippen LogP contribution is -2.30. The summed E-state index contributed by atoms with van der Waals surface area (Å²) in [5, 5.41) is 2.76. The molecule has 1 heterocycles. The number of nitrogens with two attached hydrogens (primary N) is 1. The Balaban J connectivity index is 2.42. The standard InChI is InChI=1S/C14H23N3O3/c1-11-4-5-13(12(17-11)6-7-15)20-10-14(18)16-8-3-9-19-2/h4-5H,3,6-10,15H2,1-2H3,(H,16,18). The Kier molecular flexibility index (Phi) is 7.60. The van der Waals surface area contributed by atoms with Gasteiger partial charge in [0.2, 0.25) is 0 Å². The van der Waals surface area contributed by atoms with Crippen LogP contribution in [0.25, 0.3) is 0 Å². The first-order chi connectivity index (χ1) is 9.67. The molecule has 0 atom stereocenters. The van der Waals surface area contributed by atoms with Gasteiger partial charge in [0.1, 0.15) is 5.75 Å². The van der Waals surface area contributed by atoms with Crippen molar-refractivity contribution < 1.29 is 14.3 Å². The molecule has 1 rings (SSSR count). The van der Waals surface area contributed by atoms with E-state index in [1.807, 2.05) is 19.1 Å². The maximum Gasteiger partial charge on any atom is 0.257 e. The molecule has 1 aromatic heterocycles. The van der Waals surface area contributed by atoms with E-state index in [0.717, 1.165) is 17.8 Å². The Bertz CT molecular complexity index is 424. The number of nitrogens with one attached hydrogen (secondary N) is 1. The van der Waals surface area contributed by atoms with E-state index in [2.05, 4.69) is 10.3 Å². The van der Waals surface area contributed by atoms with E-state index in [1.54, 1.807) is 7.11 Å². The molecule has 0 saturated carbocycles. The molecule has 20 heavy (non-hydrogen) atoms. The summed E-state index contributed by atoms with van der Waals surface area (Å²) in [5.74, 6) is 0.466. The van der Waals surface area contributed by atoms with Crippen molar-refractivity contribution in [2.24, 2.45) is 5.73 Å². The number of carbonyl (C=O) groups is 1. The van der Waals surface area contributed by atoms with E-state index in [4.69, 9.17) is 15.2 Å². The second-order valence-corrected chi connectivity index (χ2v) is 4.42. The van der Waals surface area contributed by atoms with Gasteiger partial charge in [-0.15, -0.1) is 0 Å². The van der Waals surface area contributed by atoms with Crippen LogP contribution >= 0.6 is 0 Å². The second-order valence-electron chi connectivity index (χ2n) is 4.42. The van der Waals surface area contributed by atoms with Gasteiger partial charge in [0.15, 0.2) is 6.61 Å². The summed E-state index contributed by atoms with van der Waals surface area (Å²) in [6.45, 7) is 3.60. The summed E-state index contributed by atoms with van der Waals surface area (Å²) in [4.78, 5) is 16.0. The molecule has 0 aliphatic rings. The van der Waals surface area contributed by atoms with E-state index < -0.39 is 0 Å². The van der Waals surface area contributed by atoms with Crippen LogP contribution in [-0.4, -0.2) is 44.3 Å². The van der Waals surface area contributed by atoms with E-state index >= 15 is 0 Å². The maximum absolute atomic E-state index is 11.6. The van der Waals surface area contributed by atoms with Gasteiger partial charge in [0.25, 0.3) is 5.91 Å². The van der Waals surface area contributed by atoms with Crippen molar-refractivity contribution in [1.29, 1.82) is 0 Å². The van der Waals surface area contributed by atoms with Crippen LogP contribution in [0.3, 0.4) is 0 Å². The number of hydrogen-bond donors (Lipinski definition) is 2. The van der Waals surface area contributed by atoms with Crippen molar-refractivity contribution >= 4 is 5.91 Å². The number of ether oxygens (including phenoxy) is 2. The van der Waals surface area contributed by atoms with Crippen molar-refractivity contribution in [2.45, 2.75) is 19.8 Å². The van der Waals surface area contributed by atoms with Crippen molar-refractivity contribution in [3.8, 4) is 5.75 Å². The first kappa shape index (κ1) is 16.4. The number of carbonyl (C=O) groups excluding carboxylic acids is 1. The molecule has 0 aliphatic heterocycles. The molecule has 0 fully saturated rings. The van der Waals surface area contributed by atoms with Crippen LogP contribution in [-0.2, 0) is 16.0 Å². The average Bonchev–Trinajstić information content (AvgIpc) is 2.43. The molecule has 0 saturated heterocycles. The third-order valence-corrected chi connectivity index (χ3v) is 2.66. The maximum atomic E-state index is 11.6. The molecular formula is C14H23N3O3. The number of methoxy groups -OCH3 is 1. The lowest BCUT2D eigenvalue weighted by molar-refractivity contribution is -0.123. The van der Waals surface area contributed by atoms with Crippen LogP contribution < -0.4 is 15.8 Å². The molecule has 112 valence electrons. The van der Waals surface area contributed by atoms with E-state index in [-0.39, 0.29) is 12.5 Å². The molecular weight excluding hydrogens is 258 g/mol. The molecule has 0 radical (unpaired) electrons. The van der Waals surface area contributed by atoms with E-state index in [0.29, 0.717) is 31.9 Å². The molecule has 1 aromatic rings. The number of rotatable bonds is 9. The zero-order valence-corrected chi connectivity index (χ0v) is 12.1. The number of aryl methyl sites for hydroxylation is 1. The molecule has 6 heteroatoms. The first-order valence-corrected chi connectivity index (χ1v) is 6.72. The van der Waals surface area contributed by atoms with Crippen LogP contribution in [0.5, 0.6) is 5.75 Å². The molecule has 1 amide bonds. The highest BCUT2D eigenvalue weighted by atomic mass is 16.5. The SMILES string of the molecule is COCCCNC(=O)COc1ccc(C)nc1CCN. The normalized spacial score (nSPS) is 10.3. The molecule has 3 N–H and O–H groups in total. The van der Waals surface area contributed by atoms with Crippen LogP contribution in [0.4, 0.5) is 0 Å². The van der Waals surface area contributed by atoms with Crippen LogP contribution in [0.2, 0.25) is 0 Å². The number of amides is 1. The second kappa shape index (κ2) is 9.28. The fourth-order valence-electron chi connectivity index (χ4n) is 1.68. The summed E-state index contributed by atoms with van der Waals surface area (Å²) in [6, 6.07) is 3.68. The average molecular weight is 281 g/mol. The molecule has 0 unspecified atom stereocenters. The van der Waals surface area contributed by atoms with Gasteiger partial charge in [0, 0.05) is 32.4 Å². The summed E-state index contributed by atoms with van der Waals surface area (Å²) in [6.07, 6.45) is 1.42. The largest absolute Gasteiger partial charge is 0.482 e. The zero-order valence-electron chi connectivity index (χ0n) is 12.1. The monoisotopic (exact) mass is 281 g/mol. The van der Waals surface area contributed by atoms with Gasteiger partial charge in [-0.1, -0.05) is 0 Å². The number of pyridine rings is 1. The minimum absolute atomic E-state index is 0.0186. The summed E-state index contributed by atoms with van der Waals surface area (Å²) < 4.78 is 10.4. The predicted octanol–water partition coefficient (Wildman–Crippen LogP) is 0.423. The highest BCUT2D eigenvalue weighted by Gasteiger charge is 2.08. The number of aromatic nitrogens is 1. The quantitative estimate of drug-likeness (QED) is 0.641. The first-order valence-electron chi connectivity index (χ1n) is 6.72. The minimum Gasteiger partial charge on any atom is -0.482 e. The van der Waals surface area contributed by atoms with E-state index in [9.17, 15) is 4.79 Å². The van der Waals surface area contributed by atoms with Crippen molar-refractivity contribution in [2.75, 3.05) is 33.4 Å². The number of nitrogens with zero attached hydrogens (tertiary/aromatic N) is 1. The summed E-state index contributed by atoms with van der Waals surface area (Å²) in [5.41, 5.74) is 7.24. The Morgan fingerprint density at radius 1 is 1.45 bits per heavy atom. The Morgan fingerprint density at radius 2 is 2.25 bits per heavy atom. The smallest absolute Gasteiger partial charge is 0.257 e. The minimum atomic E-state index is -0.152. The number of hydrogen-bond acceptors (Lipinski definition) is 5. The van der Waals surface area contributed by atoms with Crippen molar-refractivity contribution in [3.05, 3.63) is 23.5 Å². The van der Waals surface area contributed by atoms with Gasteiger partial charge in [-0.2, -0.15) is 0 Å². The highest BCUT2D eigenvalue weighted by molar-refractivity contribution is 5.77. The third kappa shape index (κ3) is 5.99. The predicted molar refractivity (Wildman–Crippen MR) is 76.7 cm³/mol. The Morgan fingerprint density at radius 3 is 2.95 bits per heavy atom. The van der Waals surface area contributed by atoms with Gasteiger partial charge in [-0.05, 0) is 32.0 Å². The van der Waals surface area contributed by atoms with Crippen molar-refractivity contribution in [1.82, 2.24) is 10.3 Å². The van der Waals surface area contributed by atoms with Crippen LogP contribution in [0, 0.1) is 6.92 Å². The molecule has 0 aliphatic carbocycles. The van der Waals surface area contributed by atoms with E-state index in [1.165, 1.54) is 0 Å². The van der Waals surface area contributed by atoms with Gasteiger partial charge in [-0.3, -0.25) is 9.78 Å². The van der Waals surface area contributed by atoms with Gasteiger partial charge < -0.3 is 20.5 Å². The van der Waals surface area contributed by atoms with Gasteiger partial charge in [0.05, 0.1) is 5.69 Å². The zero-order chi connectivity index (χ0) is 14.8. The van der Waals surface area contributed by atoms with Gasteiger partial charge in [-0.25, -0.2) is 0 Å². The fraction of sp³-hybridized carbons (Fsp3) is 0.571. The Hall–Kier alpha value is -1.66. The van der Waals surface area contributed by atoms with Gasteiger partial charge >= 0.3 is 0 Å². The summed E-state index contributed by atoms with van der Waals surface area (Å²) in [7, 11) is 1.63. The van der Waals surface area contributed by atoms with Crippen molar-refractivity contribution in [3.63, 3.8) is 0 Å². The van der Waals surface area contributed by atoms with Crippen LogP contribution in [0.1, 0.15) is 17.8 Å². The topological polar surface area (TPSA) is 86.5 Å². The molecule has 0 spiro atoms. The molecule has 0 aromatic carbocycles. The lowest BCUT2D eigenvalue weighted by atomic mass is 10.2. The fourth-order valence-corrected chi connectivity index (χ4v) is 1.68.